The zero-order chi connectivity index (χ0) is 20.7. The van der Waals surface area contributed by atoms with Gasteiger partial charge in [0.1, 0.15) is 5.82 Å². The molecule has 0 spiro atoms. The Morgan fingerprint density at radius 2 is 1.68 bits per heavy atom. The molecule has 0 saturated carbocycles. The number of aryl methyl sites for hydroxylation is 2. The van der Waals surface area contributed by atoms with Gasteiger partial charge in [-0.2, -0.15) is 8.42 Å². The Kier molecular flexibility index (Phi) is 12.5. The quantitative estimate of drug-likeness (QED) is 0.179. The highest BCUT2D eigenvalue weighted by Gasteiger charge is 2.07. The lowest BCUT2D eigenvalue weighted by molar-refractivity contribution is -0.137. The summed E-state index contributed by atoms with van der Waals surface area (Å²) in [6.45, 7) is 4.74. The Labute approximate surface area is 168 Å². The third-order valence-corrected chi connectivity index (χ3v) is 5.36. The molecule has 0 saturated heterocycles. The standard InChI is InChI=1S/C20H34N2O5S/c1-2-20(23)27-17-11-9-7-5-3-4-6-8-10-15-22-16-14-21-19(22)13-12-18-28(24,25)26/h2,14,16H,1,3-13,15,17-18H2,(H,24,25,26). The summed E-state index contributed by atoms with van der Waals surface area (Å²) in [5, 5.41) is 0. The third-order valence-electron chi connectivity index (χ3n) is 4.56. The van der Waals surface area contributed by atoms with Crippen LogP contribution in [0.15, 0.2) is 25.0 Å². The number of nitrogens with zero attached hydrogens (tertiary/aromatic N) is 2. The van der Waals surface area contributed by atoms with E-state index in [0.29, 0.717) is 19.4 Å². The van der Waals surface area contributed by atoms with Crippen molar-refractivity contribution in [2.24, 2.45) is 0 Å². The maximum atomic E-state index is 10.9. The predicted octanol–water partition coefficient (Wildman–Crippen LogP) is 3.94. The van der Waals surface area contributed by atoms with Gasteiger partial charge in [-0.15, -0.1) is 0 Å². The van der Waals surface area contributed by atoms with E-state index in [9.17, 15) is 13.2 Å². The summed E-state index contributed by atoms with van der Waals surface area (Å²) in [6, 6.07) is 0. The van der Waals surface area contributed by atoms with Gasteiger partial charge in [0.05, 0.1) is 12.4 Å². The minimum Gasteiger partial charge on any atom is -0.463 e. The molecule has 7 nitrogen and oxygen atoms in total. The van der Waals surface area contributed by atoms with Crippen molar-refractivity contribution in [3.63, 3.8) is 0 Å². The van der Waals surface area contributed by atoms with Gasteiger partial charge in [0.2, 0.25) is 0 Å². The van der Waals surface area contributed by atoms with Gasteiger partial charge in [-0.25, -0.2) is 9.78 Å². The fourth-order valence-corrected chi connectivity index (χ4v) is 3.55. The zero-order valence-electron chi connectivity index (χ0n) is 16.7. The van der Waals surface area contributed by atoms with E-state index in [2.05, 4.69) is 16.1 Å². The average Bonchev–Trinajstić information content (AvgIpc) is 3.08. The van der Waals surface area contributed by atoms with Crippen LogP contribution in [0.1, 0.15) is 70.0 Å². The van der Waals surface area contributed by atoms with Gasteiger partial charge in [-0.3, -0.25) is 4.55 Å². The van der Waals surface area contributed by atoms with Crippen LogP contribution in [-0.2, 0) is 32.6 Å². The summed E-state index contributed by atoms with van der Waals surface area (Å²) < 4.78 is 37.3. The van der Waals surface area contributed by atoms with Crippen LogP contribution >= 0.6 is 0 Å². The van der Waals surface area contributed by atoms with E-state index in [0.717, 1.165) is 31.6 Å². The molecule has 1 N–H and O–H groups in total. The second kappa shape index (κ2) is 14.3. The van der Waals surface area contributed by atoms with E-state index in [4.69, 9.17) is 9.29 Å². The number of hydrogen-bond donors (Lipinski definition) is 1. The summed E-state index contributed by atoms with van der Waals surface area (Å²) in [5.74, 6) is 0.308. The number of unbranched alkanes of at least 4 members (excludes halogenated alkanes) is 8. The first-order valence-electron chi connectivity index (χ1n) is 10.2. The zero-order valence-corrected chi connectivity index (χ0v) is 17.5. The van der Waals surface area contributed by atoms with Crippen LogP contribution in [0.5, 0.6) is 0 Å². The molecule has 0 radical (unpaired) electrons. The highest BCUT2D eigenvalue weighted by Crippen LogP contribution is 2.11. The number of carbonyl (C=O) groups is 1. The van der Waals surface area contributed by atoms with Crippen LogP contribution in [0.25, 0.3) is 0 Å². The Balaban J connectivity index is 1.97. The number of hydrogen-bond acceptors (Lipinski definition) is 5. The van der Waals surface area contributed by atoms with Crippen LogP contribution < -0.4 is 0 Å². The summed E-state index contributed by atoms with van der Waals surface area (Å²) in [4.78, 5) is 15.1. The minimum absolute atomic E-state index is 0.222. The van der Waals surface area contributed by atoms with E-state index < -0.39 is 10.1 Å². The third kappa shape index (κ3) is 12.7. The number of rotatable bonds is 17. The number of ether oxygens (including phenoxy) is 1. The largest absolute Gasteiger partial charge is 0.463 e. The predicted molar refractivity (Wildman–Crippen MR) is 110 cm³/mol. The Morgan fingerprint density at radius 1 is 1.07 bits per heavy atom. The van der Waals surface area contributed by atoms with Crippen molar-refractivity contribution < 1.29 is 22.5 Å². The molecule has 1 aromatic heterocycles. The molecule has 0 unspecified atom stereocenters. The second-order valence-corrected chi connectivity index (χ2v) is 8.55. The van der Waals surface area contributed by atoms with Crippen molar-refractivity contribution >= 4 is 16.1 Å². The Bertz CT molecular complexity index is 670. The summed E-state index contributed by atoms with van der Waals surface area (Å²) in [5.41, 5.74) is 0. The smallest absolute Gasteiger partial charge is 0.330 e. The molecule has 0 aliphatic carbocycles. The van der Waals surface area contributed by atoms with E-state index in [-0.39, 0.29) is 11.7 Å². The fraction of sp³-hybridized carbons (Fsp3) is 0.700. The van der Waals surface area contributed by atoms with Crippen molar-refractivity contribution in [2.45, 2.75) is 77.2 Å². The highest BCUT2D eigenvalue weighted by atomic mass is 32.2. The molecule has 160 valence electrons. The SMILES string of the molecule is C=CC(=O)OCCCCCCCCCCCn1ccnc1CCCS(=O)(=O)O. The molecule has 28 heavy (non-hydrogen) atoms. The van der Waals surface area contributed by atoms with Crippen molar-refractivity contribution in [1.29, 1.82) is 0 Å². The van der Waals surface area contributed by atoms with Gasteiger partial charge in [-0.05, 0) is 19.3 Å². The molecule has 0 aliphatic rings. The Morgan fingerprint density at radius 3 is 2.29 bits per heavy atom. The average molecular weight is 415 g/mol. The fourth-order valence-electron chi connectivity index (χ4n) is 3.04. The molecule has 0 aliphatic heterocycles. The van der Waals surface area contributed by atoms with Gasteiger partial charge < -0.3 is 9.30 Å². The van der Waals surface area contributed by atoms with Crippen molar-refractivity contribution in [3.05, 3.63) is 30.9 Å². The molecule has 0 aromatic carbocycles. The second-order valence-electron chi connectivity index (χ2n) is 6.98. The first-order valence-corrected chi connectivity index (χ1v) is 11.8. The van der Waals surface area contributed by atoms with Crippen LogP contribution in [0.3, 0.4) is 0 Å². The van der Waals surface area contributed by atoms with Crippen LogP contribution in [0.4, 0.5) is 0 Å². The van der Waals surface area contributed by atoms with Gasteiger partial charge in [0, 0.05) is 31.4 Å². The maximum Gasteiger partial charge on any atom is 0.330 e. The van der Waals surface area contributed by atoms with Gasteiger partial charge in [0.25, 0.3) is 10.1 Å². The molecular weight excluding hydrogens is 380 g/mol. The lowest BCUT2D eigenvalue weighted by Crippen LogP contribution is -2.08. The summed E-state index contributed by atoms with van der Waals surface area (Å²) in [7, 11) is -3.89. The normalized spacial score (nSPS) is 11.5. The number of imidazole rings is 1. The topological polar surface area (TPSA) is 98.5 Å². The molecular formula is C20H34N2O5S. The van der Waals surface area contributed by atoms with E-state index in [1.807, 2.05) is 6.20 Å². The molecule has 0 amide bonds. The Hall–Kier alpha value is -1.67. The maximum absolute atomic E-state index is 10.9. The lowest BCUT2D eigenvalue weighted by atomic mass is 10.1. The lowest BCUT2D eigenvalue weighted by Gasteiger charge is -2.08. The molecule has 0 fully saturated rings. The minimum atomic E-state index is -3.89. The molecule has 1 rings (SSSR count). The van der Waals surface area contributed by atoms with Crippen LogP contribution in [0, 0.1) is 0 Å². The monoisotopic (exact) mass is 414 g/mol. The van der Waals surface area contributed by atoms with Gasteiger partial charge in [-0.1, -0.05) is 51.5 Å². The summed E-state index contributed by atoms with van der Waals surface area (Å²) in [6.07, 6.45) is 16.1. The van der Waals surface area contributed by atoms with E-state index in [1.54, 1.807) is 6.20 Å². The highest BCUT2D eigenvalue weighted by molar-refractivity contribution is 7.85. The molecule has 0 bridgehead atoms. The molecule has 0 atom stereocenters. The molecule has 1 aromatic rings. The number of esters is 1. The van der Waals surface area contributed by atoms with Gasteiger partial charge >= 0.3 is 5.97 Å². The van der Waals surface area contributed by atoms with E-state index >= 15 is 0 Å². The first-order chi connectivity index (χ1) is 13.4. The van der Waals surface area contributed by atoms with Crippen LogP contribution in [-0.4, -0.2) is 40.9 Å². The summed E-state index contributed by atoms with van der Waals surface area (Å²) >= 11 is 0. The van der Waals surface area contributed by atoms with Crippen molar-refractivity contribution in [2.75, 3.05) is 12.4 Å². The molecule has 8 heteroatoms. The molecule has 1 heterocycles. The number of aromatic nitrogens is 2. The first kappa shape index (κ1) is 24.4. The number of carbonyl (C=O) groups excluding carboxylic acids is 1. The van der Waals surface area contributed by atoms with Crippen LogP contribution in [0.2, 0.25) is 0 Å². The van der Waals surface area contributed by atoms with Gasteiger partial charge in [0.15, 0.2) is 0 Å². The van der Waals surface area contributed by atoms with Crippen molar-refractivity contribution in [1.82, 2.24) is 9.55 Å². The van der Waals surface area contributed by atoms with Crippen molar-refractivity contribution in [3.8, 4) is 0 Å². The van der Waals surface area contributed by atoms with E-state index in [1.165, 1.54) is 44.6 Å².